The number of benzene rings is 2. The summed E-state index contributed by atoms with van der Waals surface area (Å²) in [7, 11) is 1.64. The number of carbonyl (C=O) groups excluding carboxylic acids is 1. The third kappa shape index (κ3) is 3.32. The Balaban J connectivity index is 1.81. The molecule has 0 radical (unpaired) electrons. The second-order valence-corrected chi connectivity index (χ2v) is 6.58. The lowest BCUT2D eigenvalue weighted by molar-refractivity contribution is -0.123. The second-order valence-electron chi connectivity index (χ2n) is 6.58. The first-order chi connectivity index (χ1) is 11.1. The molecule has 23 heavy (non-hydrogen) atoms. The van der Waals surface area contributed by atoms with Crippen LogP contribution in [0.25, 0.3) is 10.8 Å². The normalized spacial score (nSPS) is 16.8. The van der Waals surface area contributed by atoms with Gasteiger partial charge in [-0.25, -0.2) is 0 Å². The number of hydrogen-bond donors (Lipinski definition) is 2. The zero-order valence-corrected chi connectivity index (χ0v) is 13.6. The molecular formula is C19H23NO3. The summed E-state index contributed by atoms with van der Waals surface area (Å²) in [6, 6.07) is 11.8. The lowest BCUT2D eigenvalue weighted by Crippen LogP contribution is -2.51. The molecule has 3 rings (SSSR count). The van der Waals surface area contributed by atoms with Gasteiger partial charge in [-0.2, -0.15) is 0 Å². The number of rotatable bonds is 6. The minimum absolute atomic E-state index is 0.0211. The number of hydrogen-bond acceptors (Lipinski definition) is 3. The first-order valence-corrected chi connectivity index (χ1v) is 8.03. The van der Waals surface area contributed by atoms with Crippen LogP contribution in [0.15, 0.2) is 36.4 Å². The second kappa shape index (κ2) is 6.20. The Morgan fingerprint density at radius 2 is 2.13 bits per heavy atom. The molecule has 1 aliphatic carbocycles. The average molecular weight is 313 g/mol. The van der Waals surface area contributed by atoms with Crippen molar-refractivity contribution in [2.75, 3.05) is 13.7 Å². The number of aliphatic hydroxyl groups excluding tert-OH is 1. The third-order valence-corrected chi connectivity index (χ3v) is 4.76. The van der Waals surface area contributed by atoms with Gasteiger partial charge in [-0.15, -0.1) is 0 Å². The van der Waals surface area contributed by atoms with Gasteiger partial charge in [0.1, 0.15) is 5.75 Å². The van der Waals surface area contributed by atoms with Gasteiger partial charge in [0.15, 0.2) is 0 Å². The van der Waals surface area contributed by atoms with E-state index in [1.807, 2.05) is 43.3 Å². The van der Waals surface area contributed by atoms with Crippen molar-refractivity contribution in [3.05, 3.63) is 42.0 Å². The predicted molar refractivity (Wildman–Crippen MR) is 90.6 cm³/mol. The molecule has 0 spiro atoms. The summed E-state index contributed by atoms with van der Waals surface area (Å²) in [5.41, 5.74) is 0.467. The maximum absolute atomic E-state index is 12.5. The molecule has 0 bridgehead atoms. The highest BCUT2D eigenvalue weighted by Crippen LogP contribution is 2.39. The Hall–Kier alpha value is -2.07. The highest BCUT2D eigenvalue weighted by molar-refractivity contribution is 5.91. The number of ether oxygens (including phenoxy) is 1. The number of fused-ring (bicyclic) bond motifs is 1. The maximum Gasteiger partial charge on any atom is 0.224 e. The lowest BCUT2D eigenvalue weighted by Gasteiger charge is -2.29. The zero-order chi connectivity index (χ0) is 16.4. The third-order valence-electron chi connectivity index (χ3n) is 4.76. The van der Waals surface area contributed by atoms with Crippen LogP contribution in [0.5, 0.6) is 5.75 Å². The highest BCUT2D eigenvalue weighted by atomic mass is 16.5. The average Bonchev–Trinajstić information content (AvgIpc) is 3.40. The Kier molecular flexibility index (Phi) is 4.26. The van der Waals surface area contributed by atoms with Crippen molar-refractivity contribution in [2.45, 2.75) is 31.7 Å². The summed E-state index contributed by atoms with van der Waals surface area (Å²) in [5, 5.41) is 14.8. The van der Waals surface area contributed by atoms with E-state index in [-0.39, 0.29) is 12.5 Å². The predicted octanol–water partition coefficient (Wildman–Crippen LogP) is 2.67. The van der Waals surface area contributed by atoms with E-state index < -0.39 is 5.54 Å². The van der Waals surface area contributed by atoms with E-state index in [2.05, 4.69) is 5.32 Å². The van der Waals surface area contributed by atoms with Gasteiger partial charge in [0.2, 0.25) is 5.91 Å². The van der Waals surface area contributed by atoms with Crippen LogP contribution >= 0.6 is 0 Å². The first-order valence-electron chi connectivity index (χ1n) is 8.03. The molecule has 2 aromatic carbocycles. The van der Waals surface area contributed by atoms with Crippen molar-refractivity contribution in [2.24, 2.45) is 5.92 Å². The Bertz CT molecular complexity index is 724. The molecule has 4 heteroatoms. The van der Waals surface area contributed by atoms with Crippen LogP contribution in [0.4, 0.5) is 0 Å². The lowest BCUT2D eigenvalue weighted by atomic mass is 9.95. The fraction of sp³-hybridized carbons (Fsp3) is 0.421. The molecule has 2 aromatic rings. The van der Waals surface area contributed by atoms with E-state index in [1.165, 1.54) is 0 Å². The molecule has 1 unspecified atom stereocenters. The molecular weight excluding hydrogens is 290 g/mol. The van der Waals surface area contributed by atoms with Crippen LogP contribution in [-0.4, -0.2) is 30.3 Å². The van der Waals surface area contributed by atoms with E-state index in [0.717, 1.165) is 34.9 Å². The van der Waals surface area contributed by atoms with E-state index in [9.17, 15) is 9.90 Å². The fourth-order valence-corrected chi connectivity index (χ4v) is 3.12. The van der Waals surface area contributed by atoms with Gasteiger partial charge in [0.05, 0.1) is 25.7 Å². The summed E-state index contributed by atoms with van der Waals surface area (Å²) >= 11 is 0. The van der Waals surface area contributed by atoms with Crippen LogP contribution in [0.3, 0.4) is 0 Å². The summed E-state index contributed by atoms with van der Waals surface area (Å²) < 4.78 is 5.29. The molecule has 122 valence electrons. The molecule has 1 amide bonds. The van der Waals surface area contributed by atoms with Crippen molar-refractivity contribution < 1.29 is 14.6 Å². The van der Waals surface area contributed by atoms with E-state index in [0.29, 0.717) is 12.3 Å². The minimum atomic E-state index is -0.501. The summed E-state index contributed by atoms with van der Waals surface area (Å²) in [4.78, 5) is 12.5. The number of methoxy groups -OCH3 is 1. The van der Waals surface area contributed by atoms with Crippen LogP contribution in [0.1, 0.15) is 25.3 Å². The van der Waals surface area contributed by atoms with E-state index >= 15 is 0 Å². The SMILES string of the molecule is COc1ccc2cccc(CC(=O)NC(C)(CO)C3CC3)c2c1. The van der Waals surface area contributed by atoms with Gasteiger partial charge in [-0.1, -0.05) is 24.3 Å². The first kappa shape index (κ1) is 15.8. The molecule has 1 saturated carbocycles. The van der Waals surface area contributed by atoms with Gasteiger partial charge >= 0.3 is 0 Å². The van der Waals surface area contributed by atoms with Gasteiger partial charge in [0.25, 0.3) is 0 Å². The molecule has 0 heterocycles. The van der Waals surface area contributed by atoms with Crippen molar-refractivity contribution in [3.8, 4) is 5.75 Å². The maximum atomic E-state index is 12.5. The summed E-state index contributed by atoms with van der Waals surface area (Å²) in [5.74, 6) is 1.12. The standard InChI is InChI=1S/C19H23NO3/c1-19(12-21,15-7-8-15)20-18(22)10-14-5-3-4-13-6-9-16(23-2)11-17(13)14/h3-6,9,11,15,21H,7-8,10,12H2,1-2H3,(H,20,22). The highest BCUT2D eigenvalue weighted by Gasteiger charge is 2.42. The smallest absolute Gasteiger partial charge is 0.224 e. The largest absolute Gasteiger partial charge is 0.497 e. The van der Waals surface area contributed by atoms with Crippen molar-refractivity contribution in [1.29, 1.82) is 0 Å². The number of carbonyl (C=O) groups is 1. The van der Waals surface area contributed by atoms with Crippen molar-refractivity contribution in [3.63, 3.8) is 0 Å². The van der Waals surface area contributed by atoms with Crippen molar-refractivity contribution >= 4 is 16.7 Å². The molecule has 0 aromatic heterocycles. The van der Waals surface area contributed by atoms with Gasteiger partial charge in [-0.05, 0) is 54.2 Å². The quantitative estimate of drug-likeness (QED) is 0.862. The monoisotopic (exact) mass is 313 g/mol. The van der Waals surface area contributed by atoms with E-state index in [4.69, 9.17) is 4.74 Å². The van der Waals surface area contributed by atoms with E-state index in [1.54, 1.807) is 7.11 Å². The Labute approximate surface area is 136 Å². The molecule has 1 fully saturated rings. The van der Waals surface area contributed by atoms with Gasteiger partial charge in [-0.3, -0.25) is 4.79 Å². The molecule has 0 saturated heterocycles. The Morgan fingerprint density at radius 1 is 1.35 bits per heavy atom. The van der Waals surface area contributed by atoms with Crippen LogP contribution < -0.4 is 10.1 Å². The van der Waals surface area contributed by atoms with Crippen LogP contribution in [0, 0.1) is 5.92 Å². The summed E-state index contributed by atoms with van der Waals surface area (Å²) in [6.45, 7) is 1.90. The molecule has 4 nitrogen and oxygen atoms in total. The minimum Gasteiger partial charge on any atom is -0.497 e. The molecule has 1 atom stereocenters. The topological polar surface area (TPSA) is 58.6 Å². The number of amides is 1. The molecule has 2 N–H and O–H groups in total. The molecule has 0 aliphatic heterocycles. The number of aliphatic hydroxyl groups is 1. The van der Waals surface area contributed by atoms with Crippen LogP contribution in [-0.2, 0) is 11.2 Å². The fourth-order valence-electron chi connectivity index (χ4n) is 3.12. The van der Waals surface area contributed by atoms with Crippen LogP contribution in [0.2, 0.25) is 0 Å². The Morgan fingerprint density at radius 3 is 2.78 bits per heavy atom. The molecule has 1 aliphatic rings. The zero-order valence-electron chi connectivity index (χ0n) is 13.6. The number of nitrogens with one attached hydrogen (secondary N) is 1. The summed E-state index contributed by atoms with van der Waals surface area (Å²) in [6.07, 6.45) is 2.44. The van der Waals surface area contributed by atoms with Gasteiger partial charge in [0, 0.05) is 0 Å². The van der Waals surface area contributed by atoms with Gasteiger partial charge < -0.3 is 15.2 Å². The van der Waals surface area contributed by atoms with Crippen molar-refractivity contribution in [1.82, 2.24) is 5.32 Å².